The van der Waals surface area contributed by atoms with Gasteiger partial charge < -0.3 is 4.98 Å². The third kappa shape index (κ3) is 2.75. The van der Waals surface area contributed by atoms with E-state index in [9.17, 15) is 22.0 Å². The van der Waals surface area contributed by atoms with Gasteiger partial charge in [0, 0.05) is 11.3 Å². The van der Waals surface area contributed by atoms with Gasteiger partial charge in [-0.15, -0.1) is 0 Å². The summed E-state index contributed by atoms with van der Waals surface area (Å²) in [7, 11) is 0. The summed E-state index contributed by atoms with van der Waals surface area (Å²) in [6.45, 7) is 0. The highest BCUT2D eigenvalue weighted by Crippen LogP contribution is 2.36. The van der Waals surface area contributed by atoms with Crippen LogP contribution in [0.3, 0.4) is 0 Å². The first kappa shape index (κ1) is 17.1. The Morgan fingerprint density at radius 3 is 1.88 bits per heavy atom. The predicted octanol–water partition coefficient (Wildman–Crippen LogP) is 5.60. The highest BCUT2D eigenvalue weighted by atomic mass is 79.9. The van der Waals surface area contributed by atoms with E-state index in [1.54, 1.807) is 0 Å². The van der Waals surface area contributed by atoms with Crippen LogP contribution in [0.25, 0.3) is 5.57 Å². The minimum Gasteiger partial charge on any atom is -0.349 e. The Bertz CT molecular complexity index is 915. The van der Waals surface area contributed by atoms with E-state index in [1.807, 2.05) is 0 Å². The number of H-pyrrole nitrogens is 1. The molecule has 0 aliphatic carbocycles. The predicted molar refractivity (Wildman–Crippen MR) is 86.2 cm³/mol. The van der Waals surface area contributed by atoms with Crippen molar-refractivity contribution in [1.82, 2.24) is 4.98 Å². The number of aliphatic imine (C=N–C) groups is 1. The van der Waals surface area contributed by atoms with Crippen molar-refractivity contribution in [2.75, 3.05) is 0 Å². The van der Waals surface area contributed by atoms with Crippen LogP contribution >= 0.6 is 31.9 Å². The number of nitrogens with one attached hydrogen (secondary N) is 1. The molecule has 2 nitrogen and oxygen atoms in total. The highest BCUT2D eigenvalue weighted by Gasteiger charge is 2.30. The zero-order valence-electron chi connectivity index (χ0n) is 11.4. The minimum atomic E-state index is -2.21. The highest BCUT2D eigenvalue weighted by molar-refractivity contribution is 9.18. The van der Waals surface area contributed by atoms with Crippen LogP contribution in [0.15, 0.2) is 39.6 Å². The number of halogens is 7. The van der Waals surface area contributed by atoms with E-state index in [4.69, 9.17) is 0 Å². The monoisotopic (exact) mass is 466 g/mol. The second-order valence-corrected chi connectivity index (χ2v) is 6.36. The number of hydrogen-bond acceptors (Lipinski definition) is 1. The summed E-state index contributed by atoms with van der Waals surface area (Å²) in [5, 5.41) is 0. The number of aromatic amines is 1. The fourth-order valence-electron chi connectivity index (χ4n) is 2.22. The zero-order valence-corrected chi connectivity index (χ0v) is 14.6. The number of allylic oxidation sites excluding steroid dienone is 2. The summed E-state index contributed by atoms with van der Waals surface area (Å²) in [6.07, 6.45) is 2.88. The van der Waals surface area contributed by atoms with E-state index in [-0.39, 0.29) is 17.0 Å². The first-order chi connectivity index (χ1) is 11.3. The van der Waals surface area contributed by atoms with Crippen molar-refractivity contribution in [1.29, 1.82) is 0 Å². The third-order valence-corrected chi connectivity index (χ3v) is 4.15. The number of hydrogen-bond donors (Lipinski definition) is 1. The van der Waals surface area contributed by atoms with Crippen LogP contribution < -0.4 is 0 Å². The lowest BCUT2D eigenvalue weighted by Gasteiger charge is -2.12. The molecule has 0 saturated heterocycles. The Balaban J connectivity index is 2.40. The van der Waals surface area contributed by atoms with Crippen molar-refractivity contribution in [3.05, 3.63) is 74.9 Å². The van der Waals surface area contributed by atoms with Gasteiger partial charge in [0.2, 0.25) is 5.82 Å². The van der Waals surface area contributed by atoms with Crippen LogP contribution in [0, 0.1) is 29.1 Å². The second-order valence-electron chi connectivity index (χ2n) is 4.69. The SMILES string of the molecule is Fc1c(F)c(F)c(/C(=C2\C=CC(Br)=N2)c2ccc(Br)[nH]2)c(F)c1F. The molecule has 0 atom stereocenters. The van der Waals surface area contributed by atoms with Gasteiger partial charge >= 0.3 is 0 Å². The molecule has 1 N–H and O–H groups in total. The molecule has 1 aromatic carbocycles. The lowest BCUT2D eigenvalue weighted by atomic mass is 9.98. The van der Waals surface area contributed by atoms with E-state index in [0.29, 0.717) is 9.22 Å². The van der Waals surface area contributed by atoms with Crippen LogP contribution in [0.5, 0.6) is 0 Å². The van der Waals surface area contributed by atoms with Crippen molar-refractivity contribution in [2.45, 2.75) is 0 Å². The molecule has 2 aromatic rings. The summed E-state index contributed by atoms with van der Waals surface area (Å²) in [4.78, 5) is 6.75. The normalized spacial score (nSPS) is 15.9. The summed E-state index contributed by atoms with van der Waals surface area (Å²) >= 11 is 6.22. The second kappa shape index (κ2) is 6.29. The zero-order chi connectivity index (χ0) is 17.6. The lowest BCUT2D eigenvalue weighted by Crippen LogP contribution is -2.08. The largest absolute Gasteiger partial charge is 0.349 e. The number of aromatic nitrogens is 1. The molecule has 124 valence electrons. The average Bonchev–Trinajstić information content (AvgIpc) is 3.16. The fraction of sp³-hybridized carbons (Fsp3) is 0. The maximum Gasteiger partial charge on any atom is 0.200 e. The first-order valence-corrected chi connectivity index (χ1v) is 7.93. The Hall–Kier alpha value is -1.74. The van der Waals surface area contributed by atoms with Gasteiger partial charge in [-0.3, -0.25) is 0 Å². The molecule has 0 unspecified atom stereocenters. The summed E-state index contributed by atoms with van der Waals surface area (Å²) in [6, 6.07) is 2.96. The van der Waals surface area contributed by atoms with Crippen LogP contribution in [0.1, 0.15) is 11.3 Å². The molecule has 0 saturated carbocycles. The Morgan fingerprint density at radius 1 is 0.833 bits per heavy atom. The van der Waals surface area contributed by atoms with E-state index in [2.05, 4.69) is 41.8 Å². The molecule has 9 heteroatoms. The summed E-state index contributed by atoms with van der Waals surface area (Å²) in [5.74, 6) is -10.1. The van der Waals surface area contributed by atoms with Gasteiger partial charge in [0.25, 0.3) is 0 Å². The summed E-state index contributed by atoms with van der Waals surface area (Å²) < 4.78 is 69.7. The topological polar surface area (TPSA) is 28.1 Å². The molecule has 1 aromatic heterocycles. The molecular formula is C15H5Br2F5N2. The maximum absolute atomic E-state index is 14.2. The number of benzene rings is 1. The van der Waals surface area contributed by atoms with Gasteiger partial charge in [-0.05, 0) is 56.1 Å². The van der Waals surface area contributed by atoms with E-state index < -0.39 is 34.6 Å². The van der Waals surface area contributed by atoms with Gasteiger partial charge in [0.15, 0.2) is 23.3 Å². The van der Waals surface area contributed by atoms with E-state index in [1.165, 1.54) is 24.3 Å². The molecule has 1 aliphatic rings. The van der Waals surface area contributed by atoms with Gasteiger partial charge in [-0.1, -0.05) is 0 Å². The van der Waals surface area contributed by atoms with Crippen molar-refractivity contribution in [3.63, 3.8) is 0 Å². The van der Waals surface area contributed by atoms with Crippen molar-refractivity contribution in [3.8, 4) is 0 Å². The molecule has 0 radical (unpaired) electrons. The standard InChI is InChI=1S/C15H5Br2F5N2/c16-7-3-1-5(23-7)9(6-2-4-8(17)24-6)10-11(18)13(20)15(22)14(21)12(10)19/h1-4,23H/b9-6+. The first-order valence-electron chi connectivity index (χ1n) is 6.34. The molecule has 0 spiro atoms. The van der Waals surface area contributed by atoms with Crippen molar-refractivity contribution in [2.24, 2.45) is 4.99 Å². The van der Waals surface area contributed by atoms with Crippen LogP contribution in [0.4, 0.5) is 22.0 Å². The van der Waals surface area contributed by atoms with Gasteiger partial charge in [-0.25, -0.2) is 26.9 Å². The molecule has 2 heterocycles. The van der Waals surface area contributed by atoms with Gasteiger partial charge in [0.05, 0.1) is 15.9 Å². The summed E-state index contributed by atoms with van der Waals surface area (Å²) in [5.41, 5.74) is -1.12. The number of nitrogens with zero attached hydrogens (tertiary/aromatic N) is 1. The van der Waals surface area contributed by atoms with Crippen molar-refractivity contribution >= 4 is 42.1 Å². The van der Waals surface area contributed by atoms with Gasteiger partial charge in [-0.2, -0.15) is 0 Å². The van der Waals surface area contributed by atoms with Crippen molar-refractivity contribution < 1.29 is 22.0 Å². The lowest BCUT2D eigenvalue weighted by molar-refractivity contribution is 0.376. The molecule has 0 amide bonds. The van der Waals surface area contributed by atoms with Crippen LogP contribution in [-0.4, -0.2) is 9.60 Å². The fourth-order valence-corrected chi connectivity index (χ4v) is 2.88. The molecule has 1 aliphatic heterocycles. The van der Waals surface area contributed by atoms with Gasteiger partial charge in [0.1, 0.15) is 4.62 Å². The van der Waals surface area contributed by atoms with Crippen LogP contribution in [-0.2, 0) is 0 Å². The molecule has 24 heavy (non-hydrogen) atoms. The average molecular weight is 468 g/mol. The quantitative estimate of drug-likeness (QED) is 0.338. The maximum atomic E-state index is 14.2. The Kier molecular flexibility index (Phi) is 4.48. The third-order valence-electron chi connectivity index (χ3n) is 3.24. The van der Waals surface area contributed by atoms with Crippen LogP contribution in [0.2, 0.25) is 0 Å². The Morgan fingerprint density at radius 2 is 1.42 bits per heavy atom. The number of rotatable bonds is 2. The molecule has 0 bridgehead atoms. The Labute approximate surface area is 149 Å². The van der Waals surface area contributed by atoms with E-state index in [0.717, 1.165) is 0 Å². The smallest absolute Gasteiger partial charge is 0.200 e. The minimum absolute atomic E-state index is 0.0411. The molecule has 3 rings (SSSR count). The van der Waals surface area contributed by atoms with E-state index >= 15 is 0 Å². The molecule has 0 fully saturated rings. The molecular weight excluding hydrogens is 463 g/mol.